The molecule has 6 nitrogen and oxygen atoms in total. The number of hydrogen-bond donors (Lipinski definition) is 2. The van der Waals surface area contributed by atoms with Gasteiger partial charge in [0.2, 0.25) is 5.91 Å². The molecule has 0 saturated carbocycles. The van der Waals surface area contributed by atoms with Gasteiger partial charge in [-0.15, -0.1) is 10.2 Å². The molecule has 0 fully saturated rings. The summed E-state index contributed by atoms with van der Waals surface area (Å²) in [7, 11) is 0. The Balaban J connectivity index is 1.83. The maximum atomic E-state index is 13.0. The van der Waals surface area contributed by atoms with E-state index < -0.39 is 5.92 Å². The largest absolute Gasteiger partial charge is 0.325 e. The Hall–Kier alpha value is -3.02. The van der Waals surface area contributed by atoms with E-state index >= 15 is 0 Å². The first kappa shape index (κ1) is 17.8. The third-order valence-corrected chi connectivity index (χ3v) is 4.51. The van der Waals surface area contributed by atoms with Gasteiger partial charge in [-0.3, -0.25) is 4.79 Å². The van der Waals surface area contributed by atoms with E-state index in [1.54, 1.807) is 0 Å². The Kier molecular flexibility index (Phi) is 5.41. The number of H-pyrrole nitrogens is 1. The lowest BCUT2D eigenvalue weighted by atomic mass is 9.96. The van der Waals surface area contributed by atoms with Crippen LogP contribution in [0.2, 0.25) is 0 Å². The van der Waals surface area contributed by atoms with Crippen LogP contribution in [0.1, 0.15) is 40.9 Å². The average molecular weight is 349 g/mol. The molecule has 1 atom stereocenters. The molecule has 3 aromatic rings. The quantitative estimate of drug-likeness (QED) is 0.715. The van der Waals surface area contributed by atoms with Crippen molar-refractivity contribution in [2.24, 2.45) is 0 Å². The van der Waals surface area contributed by atoms with Crippen molar-refractivity contribution in [3.05, 3.63) is 70.5 Å². The van der Waals surface area contributed by atoms with Crippen LogP contribution in [0.25, 0.3) is 0 Å². The minimum absolute atomic E-state index is 0.139. The molecule has 2 N–H and O–H groups in total. The normalized spacial score (nSPS) is 12.0. The van der Waals surface area contributed by atoms with Gasteiger partial charge in [0, 0.05) is 5.69 Å². The van der Waals surface area contributed by atoms with E-state index in [4.69, 9.17) is 0 Å². The van der Waals surface area contributed by atoms with Crippen molar-refractivity contribution >= 4 is 11.6 Å². The Bertz CT molecular complexity index is 872. The number of anilines is 1. The fourth-order valence-corrected chi connectivity index (χ4v) is 2.86. The second-order valence-electron chi connectivity index (χ2n) is 6.50. The number of aromatic nitrogens is 4. The number of nitrogens with zero attached hydrogens (tertiary/aromatic N) is 3. The maximum Gasteiger partial charge on any atom is 0.235 e. The molecule has 134 valence electrons. The maximum absolute atomic E-state index is 13.0. The third-order valence-electron chi connectivity index (χ3n) is 4.51. The second kappa shape index (κ2) is 7.91. The number of tetrazole rings is 1. The molecular weight excluding hydrogens is 326 g/mol. The molecule has 3 rings (SSSR count). The predicted octanol–water partition coefficient (Wildman–Crippen LogP) is 3.34. The summed E-state index contributed by atoms with van der Waals surface area (Å²) in [6, 6.07) is 14.3. The molecule has 0 saturated heterocycles. The standard InChI is InChI=1S/C20H23N5O/c1-4-15-7-9-16(10-8-15)12-17(19-22-24-25-23-19)20(26)21-18-11-13(2)5-6-14(18)3/h5-11,17H,4,12H2,1-3H3,(H,21,26)(H,22,23,24,25)/t17-/m0/s1. The Morgan fingerprint density at radius 2 is 1.85 bits per heavy atom. The monoisotopic (exact) mass is 349 g/mol. The number of nitrogens with one attached hydrogen (secondary N) is 2. The molecular formula is C20H23N5O. The van der Waals surface area contributed by atoms with E-state index in [1.165, 1.54) is 5.56 Å². The van der Waals surface area contributed by atoms with Crippen molar-refractivity contribution in [2.45, 2.75) is 39.5 Å². The summed E-state index contributed by atoms with van der Waals surface area (Å²) in [6.45, 7) is 6.09. The van der Waals surface area contributed by atoms with Crippen LogP contribution in [0, 0.1) is 13.8 Å². The highest BCUT2D eigenvalue weighted by Gasteiger charge is 2.25. The van der Waals surface area contributed by atoms with Gasteiger partial charge in [0.1, 0.15) is 5.92 Å². The lowest BCUT2D eigenvalue weighted by Gasteiger charge is -2.16. The molecule has 26 heavy (non-hydrogen) atoms. The highest BCUT2D eigenvalue weighted by molar-refractivity contribution is 5.96. The van der Waals surface area contributed by atoms with E-state index in [2.05, 4.69) is 57.1 Å². The van der Waals surface area contributed by atoms with E-state index in [-0.39, 0.29) is 5.91 Å². The lowest BCUT2D eigenvalue weighted by Crippen LogP contribution is -2.24. The van der Waals surface area contributed by atoms with Crippen LogP contribution in [0.3, 0.4) is 0 Å². The van der Waals surface area contributed by atoms with E-state index in [0.29, 0.717) is 12.2 Å². The van der Waals surface area contributed by atoms with Gasteiger partial charge in [0.05, 0.1) is 0 Å². The van der Waals surface area contributed by atoms with E-state index in [0.717, 1.165) is 28.8 Å². The summed E-state index contributed by atoms with van der Waals surface area (Å²) in [6.07, 6.45) is 1.50. The third kappa shape index (κ3) is 4.14. The summed E-state index contributed by atoms with van der Waals surface area (Å²) in [5.74, 6) is -0.256. The van der Waals surface area contributed by atoms with Crippen LogP contribution < -0.4 is 5.32 Å². The predicted molar refractivity (Wildman–Crippen MR) is 101 cm³/mol. The topological polar surface area (TPSA) is 83.6 Å². The molecule has 0 aliphatic carbocycles. The van der Waals surface area contributed by atoms with Gasteiger partial charge in [-0.25, -0.2) is 0 Å². The number of benzene rings is 2. The van der Waals surface area contributed by atoms with Gasteiger partial charge < -0.3 is 5.32 Å². The zero-order chi connectivity index (χ0) is 18.5. The SMILES string of the molecule is CCc1ccc(C[C@H](C(=O)Nc2cc(C)ccc2C)c2nn[nH]n2)cc1. The molecule has 1 aromatic heterocycles. The fraction of sp³-hybridized carbons (Fsp3) is 0.300. The first-order valence-corrected chi connectivity index (χ1v) is 8.76. The molecule has 1 heterocycles. The average Bonchev–Trinajstić information content (AvgIpc) is 3.17. The van der Waals surface area contributed by atoms with Crippen molar-refractivity contribution in [3.63, 3.8) is 0 Å². The van der Waals surface area contributed by atoms with Crippen LogP contribution in [-0.4, -0.2) is 26.5 Å². The first-order chi connectivity index (χ1) is 12.6. The Morgan fingerprint density at radius 3 is 2.50 bits per heavy atom. The molecule has 1 amide bonds. The van der Waals surface area contributed by atoms with Gasteiger partial charge in [-0.2, -0.15) is 5.21 Å². The molecule has 0 spiro atoms. The molecule has 0 aliphatic rings. The van der Waals surface area contributed by atoms with Crippen LogP contribution in [-0.2, 0) is 17.6 Å². The van der Waals surface area contributed by atoms with Gasteiger partial charge in [-0.1, -0.05) is 48.5 Å². The van der Waals surface area contributed by atoms with Crippen LogP contribution in [0.15, 0.2) is 42.5 Å². The Morgan fingerprint density at radius 1 is 1.12 bits per heavy atom. The molecule has 0 radical (unpaired) electrons. The van der Waals surface area contributed by atoms with Crippen molar-refractivity contribution < 1.29 is 4.79 Å². The molecule has 2 aromatic carbocycles. The second-order valence-corrected chi connectivity index (χ2v) is 6.50. The summed E-state index contributed by atoms with van der Waals surface area (Å²) in [5.41, 5.74) is 5.25. The molecule has 0 aliphatic heterocycles. The fourth-order valence-electron chi connectivity index (χ4n) is 2.86. The van der Waals surface area contributed by atoms with E-state index in [1.807, 2.05) is 32.0 Å². The van der Waals surface area contributed by atoms with Crippen LogP contribution in [0.5, 0.6) is 0 Å². The van der Waals surface area contributed by atoms with Crippen molar-refractivity contribution in [1.29, 1.82) is 0 Å². The summed E-state index contributed by atoms with van der Waals surface area (Å²) < 4.78 is 0. The highest BCUT2D eigenvalue weighted by atomic mass is 16.1. The number of aromatic amines is 1. The van der Waals surface area contributed by atoms with Gasteiger partial charge in [-0.05, 0) is 55.0 Å². The summed E-state index contributed by atoms with van der Waals surface area (Å²) >= 11 is 0. The molecule has 6 heteroatoms. The van der Waals surface area contributed by atoms with Gasteiger partial charge in [0.15, 0.2) is 5.82 Å². The van der Waals surface area contributed by atoms with Crippen molar-refractivity contribution in [2.75, 3.05) is 5.32 Å². The number of hydrogen-bond acceptors (Lipinski definition) is 4. The lowest BCUT2D eigenvalue weighted by molar-refractivity contribution is -0.117. The van der Waals surface area contributed by atoms with Gasteiger partial charge >= 0.3 is 0 Å². The highest BCUT2D eigenvalue weighted by Crippen LogP contribution is 2.22. The summed E-state index contributed by atoms with van der Waals surface area (Å²) in [4.78, 5) is 13.0. The zero-order valence-electron chi connectivity index (χ0n) is 15.3. The smallest absolute Gasteiger partial charge is 0.235 e. The van der Waals surface area contributed by atoms with Gasteiger partial charge in [0.25, 0.3) is 0 Å². The number of aryl methyl sites for hydroxylation is 3. The molecule has 0 bridgehead atoms. The van der Waals surface area contributed by atoms with E-state index in [9.17, 15) is 4.79 Å². The number of amides is 1. The zero-order valence-corrected chi connectivity index (χ0v) is 15.3. The number of carbonyl (C=O) groups is 1. The summed E-state index contributed by atoms with van der Waals surface area (Å²) in [5, 5.41) is 17.2. The van der Waals surface area contributed by atoms with Crippen molar-refractivity contribution in [1.82, 2.24) is 20.6 Å². The number of carbonyl (C=O) groups excluding carboxylic acids is 1. The number of rotatable bonds is 6. The van der Waals surface area contributed by atoms with Crippen molar-refractivity contribution in [3.8, 4) is 0 Å². The first-order valence-electron chi connectivity index (χ1n) is 8.76. The van der Waals surface area contributed by atoms with Crippen LogP contribution >= 0.6 is 0 Å². The molecule has 0 unspecified atom stereocenters. The Labute approximate surface area is 153 Å². The minimum Gasteiger partial charge on any atom is -0.325 e. The van der Waals surface area contributed by atoms with Crippen LogP contribution in [0.4, 0.5) is 5.69 Å². The minimum atomic E-state index is -0.513.